The molecule has 1 aliphatic rings. The molecule has 0 radical (unpaired) electrons. The van der Waals surface area contributed by atoms with Crippen molar-refractivity contribution in [1.29, 1.82) is 0 Å². The van der Waals surface area contributed by atoms with Crippen LogP contribution in [0.25, 0.3) is 11.1 Å². The lowest BCUT2D eigenvalue weighted by Crippen LogP contribution is -2.40. The second kappa shape index (κ2) is 9.32. The molecule has 7 heteroatoms. The molecule has 0 saturated heterocycles. The maximum atomic E-state index is 13.8. The Morgan fingerprint density at radius 2 is 1.64 bits per heavy atom. The average molecular weight is 449 g/mol. The van der Waals surface area contributed by atoms with Gasteiger partial charge in [-0.1, -0.05) is 55.5 Å². The number of amides is 1. The fourth-order valence-corrected chi connectivity index (χ4v) is 4.42. The van der Waals surface area contributed by atoms with E-state index in [4.69, 9.17) is 4.74 Å². The maximum absolute atomic E-state index is 13.8. The topological polar surface area (TPSA) is 87.1 Å². The summed E-state index contributed by atoms with van der Waals surface area (Å²) in [5, 5.41) is 20.0. The predicted octanol–water partition coefficient (Wildman–Crippen LogP) is 5.32. The number of aromatic hydroxyl groups is 1. The number of rotatable bonds is 7. The lowest BCUT2D eigenvalue weighted by molar-refractivity contribution is -0.143. The highest BCUT2D eigenvalue weighted by Gasteiger charge is 2.35. The molecular formula is C26H24FNO5. The number of phenols is 1. The highest BCUT2D eigenvalue weighted by Crippen LogP contribution is 2.44. The first kappa shape index (κ1) is 22.3. The third-order valence-electron chi connectivity index (χ3n) is 5.86. The predicted molar refractivity (Wildman–Crippen MR) is 121 cm³/mol. The Hall–Kier alpha value is -3.87. The van der Waals surface area contributed by atoms with Crippen LogP contribution in [0, 0.1) is 5.82 Å². The molecule has 0 spiro atoms. The lowest BCUT2D eigenvalue weighted by atomic mass is 9.98. The van der Waals surface area contributed by atoms with Gasteiger partial charge in [-0.2, -0.15) is 0 Å². The Morgan fingerprint density at radius 1 is 1.03 bits per heavy atom. The highest BCUT2D eigenvalue weighted by atomic mass is 19.1. The number of nitrogens with zero attached hydrogens (tertiary/aromatic N) is 1. The molecule has 0 bridgehead atoms. The summed E-state index contributed by atoms with van der Waals surface area (Å²) in [6.07, 6.45) is -0.390. The molecule has 33 heavy (non-hydrogen) atoms. The number of hydrogen-bond donors (Lipinski definition) is 2. The van der Waals surface area contributed by atoms with E-state index in [2.05, 4.69) is 0 Å². The van der Waals surface area contributed by atoms with E-state index in [0.717, 1.165) is 45.4 Å². The minimum Gasteiger partial charge on any atom is -0.508 e. The van der Waals surface area contributed by atoms with Gasteiger partial charge < -0.3 is 14.9 Å². The molecule has 1 aliphatic carbocycles. The normalized spacial score (nSPS) is 13.2. The second-order valence-corrected chi connectivity index (χ2v) is 7.94. The van der Waals surface area contributed by atoms with Gasteiger partial charge in [0.2, 0.25) is 0 Å². The van der Waals surface area contributed by atoms with E-state index >= 15 is 0 Å². The Balaban J connectivity index is 1.61. The summed E-state index contributed by atoms with van der Waals surface area (Å²) in [4.78, 5) is 26.2. The number of carboxylic acid groups (broad SMARTS) is 1. The van der Waals surface area contributed by atoms with E-state index in [-0.39, 0.29) is 24.6 Å². The fraction of sp³-hybridized carbons (Fsp3) is 0.231. The van der Waals surface area contributed by atoms with Crippen molar-refractivity contribution in [1.82, 2.24) is 4.90 Å². The molecule has 2 N–H and O–H groups in total. The molecule has 1 atom stereocenters. The van der Waals surface area contributed by atoms with E-state index < -0.39 is 29.7 Å². The van der Waals surface area contributed by atoms with E-state index in [1.54, 1.807) is 6.92 Å². The molecule has 1 amide bonds. The van der Waals surface area contributed by atoms with Crippen molar-refractivity contribution in [3.05, 3.63) is 89.2 Å². The van der Waals surface area contributed by atoms with E-state index in [1.807, 2.05) is 48.5 Å². The molecule has 1 unspecified atom stereocenters. The summed E-state index contributed by atoms with van der Waals surface area (Å²) >= 11 is 0. The van der Waals surface area contributed by atoms with Crippen LogP contribution in [-0.4, -0.2) is 40.3 Å². The summed E-state index contributed by atoms with van der Waals surface area (Å²) in [6, 6.07) is 17.2. The van der Waals surface area contributed by atoms with Crippen LogP contribution in [-0.2, 0) is 9.53 Å². The monoisotopic (exact) mass is 449 g/mol. The van der Waals surface area contributed by atoms with Crippen molar-refractivity contribution >= 4 is 12.1 Å². The third-order valence-corrected chi connectivity index (χ3v) is 5.86. The first-order chi connectivity index (χ1) is 15.9. The number of carboxylic acids is 1. The van der Waals surface area contributed by atoms with Crippen LogP contribution < -0.4 is 0 Å². The standard InChI is InChI=1S/C26H24FNO5/c1-2-13-28(24(25(30)31)21-14-16(27)11-12-23(21)29)26(32)33-15-22-19-9-5-3-7-17(19)18-8-4-6-10-20(18)22/h3-12,14,22,24,29H,2,13,15H2,1H3,(H,30,31). The Morgan fingerprint density at radius 3 is 2.21 bits per heavy atom. The molecule has 0 fully saturated rings. The van der Waals surface area contributed by atoms with Crippen molar-refractivity contribution in [2.75, 3.05) is 13.2 Å². The quantitative estimate of drug-likeness (QED) is 0.510. The largest absolute Gasteiger partial charge is 0.508 e. The van der Waals surface area contributed by atoms with E-state index in [0.29, 0.717) is 6.42 Å². The van der Waals surface area contributed by atoms with Crippen LogP contribution in [0.5, 0.6) is 5.75 Å². The number of carbonyl (C=O) groups is 2. The first-order valence-electron chi connectivity index (χ1n) is 10.7. The van der Waals surface area contributed by atoms with Crippen molar-refractivity contribution in [2.24, 2.45) is 0 Å². The van der Waals surface area contributed by atoms with E-state index in [1.165, 1.54) is 0 Å². The van der Waals surface area contributed by atoms with Crippen LogP contribution in [0.2, 0.25) is 0 Å². The number of carbonyl (C=O) groups excluding carboxylic acids is 1. The van der Waals surface area contributed by atoms with Gasteiger partial charge in [0.15, 0.2) is 6.04 Å². The number of fused-ring (bicyclic) bond motifs is 3. The fourth-order valence-electron chi connectivity index (χ4n) is 4.42. The van der Waals surface area contributed by atoms with Crippen molar-refractivity contribution in [3.8, 4) is 16.9 Å². The number of benzene rings is 3. The van der Waals surface area contributed by atoms with Gasteiger partial charge in [0.1, 0.15) is 18.2 Å². The maximum Gasteiger partial charge on any atom is 0.410 e. The van der Waals surface area contributed by atoms with E-state index in [9.17, 15) is 24.2 Å². The smallest absolute Gasteiger partial charge is 0.410 e. The van der Waals surface area contributed by atoms with Crippen molar-refractivity contribution in [2.45, 2.75) is 25.3 Å². The summed E-state index contributed by atoms with van der Waals surface area (Å²) in [5.74, 6) is -2.69. The first-order valence-corrected chi connectivity index (χ1v) is 10.7. The van der Waals surface area contributed by atoms with Crippen molar-refractivity contribution < 1.29 is 28.9 Å². The van der Waals surface area contributed by atoms with Crippen molar-refractivity contribution in [3.63, 3.8) is 0 Å². The molecule has 0 heterocycles. The Kier molecular flexibility index (Phi) is 6.31. The molecule has 4 rings (SSSR count). The second-order valence-electron chi connectivity index (χ2n) is 7.94. The number of phenolic OH excluding ortho intramolecular Hbond substituents is 1. The summed E-state index contributed by atoms with van der Waals surface area (Å²) in [7, 11) is 0. The Labute approximate surface area is 190 Å². The molecule has 3 aromatic carbocycles. The van der Waals surface area contributed by atoms with Crippen LogP contribution >= 0.6 is 0 Å². The van der Waals surface area contributed by atoms with Crippen LogP contribution in [0.1, 0.15) is 42.0 Å². The van der Waals surface area contributed by atoms with Crippen LogP contribution in [0.15, 0.2) is 66.7 Å². The molecule has 0 aliphatic heterocycles. The summed E-state index contributed by atoms with van der Waals surface area (Å²) in [6.45, 7) is 1.87. The number of aliphatic carboxylic acids is 1. The Bertz CT molecular complexity index is 1150. The molecule has 0 aromatic heterocycles. The van der Waals surface area contributed by atoms with Gasteiger partial charge in [-0.3, -0.25) is 4.90 Å². The van der Waals surface area contributed by atoms with Gasteiger partial charge in [-0.25, -0.2) is 14.0 Å². The average Bonchev–Trinajstić information content (AvgIpc) is 3.13. The minimum absolute atomic E-state index is 0.0224. The van der Waals surface area contributed by atoms with Gasteiger partial charge in [0.05, 0.1) is 0 Å². The van der Waals surface area contributed by atoms with Gasteiger partial charge in [0, 0.05) is 18.0 Å². The zero-order valence-electron chi connectivity index (χ0n) is 18.1. The molecule has 6 nitrogen and oxygen atoms in total. The van der Waals surface area contributed by atoms with Gasteiger partial charge in [-0.05, 0) is 46.9 Å². The van der Waals surface area contributed by atoms with Crippen LogP contribution in [0.3, 0.4) is 0 Å². The molecule has 170 valence electrons. The third kappa shape index (κ3) is 4.26. The summed E-state index contributed by atoms with van der Waals surface area (Å²) < 4.78 is 19.4. The number of hydrogen-bond acceptors (Lipinski definition) is 4. The zero-order valence-corrected chi connectivity index (χ0v) is 18.1. The number of halogens is 1. The molecule has 3 aromatic rings. The number of ether oxygens (including phenoxy) is 1. The van der Waals surface area contributed by atoms with Gasteiger partial charge in [-0.15, -0.1) is 0 Å². The SMILES string of the molecule is CCCN(C(=O)OCC1c2ccccc2-c2ccccc21)C(C(=O)O)c1cc(F)ccc1O. The lowest BCUT2D eigenvalue weighted by Gasteiger charge is -2.29. The summed E-state index contributed by atoms with van der Waals surface area (Å²) in [5.41, 5.74) is 4.02. The van der Waals surface area contributed by atoms with Gasteiger partial charge >= 0.3 is 12.1 Å². The highest BCUT2D eigenvalue weighted by molar-refractivity contribution is 5.83. The zero-order chi connectivity index (χ0) is 23.5. The minimum atomic E-state index is -1.59. The molecular weight excluding hydrogens is 425 g/mol. The van der Waals surface area contributed by atoms with Gasteiger partial charge in [0.25, 0.3) is 0 Å². The van der Waals surface area contributed by atoms with Crippen LogP contribution in [0.4, 0.5) is 9.18 Å². The molecule has 0 saturated carbocycles.